The first-order valence-electron chi connectivity index (χ1n) is 9.51. The lowest BCUT2D eigenvalue weighted by molar-refractivity contribution is 0.0746. The number of aryl methyl sites for hydroxylation is 2. The topological polar surface area (TPSA) is 84.3 Å². The van der Waals surface area contributed by atoms with Crippen LogP contribution in [-0.4, -0.2) is 57.4 Å². The molecule has 4 rings (SSSR count). The summed E-state index contributed by atoms with van der Waals surface area (Å²) in [5, 5.41) is 16.3. The van der Waals surface area contributed by atoms with Gasteiger partial charge in [-0.25, -0.2) is 0 Å². The second-order valence-corrected chi connectivity index (χ2v) is 6.95. The predicted molar refractivity (Wildman–Crippen MR) is 108 cm³/mol. The molecule has 0 saturated carbocycles. The van der Waals surface area contributed by atoms with Gasteiger partial charge in [-0.1, -0.05) is 0 Å². The van der Waals surface area contributed by atoms with Crippen LogP contribution in [0.25, 0.3) is 0 Å². The van der Waals surface area contributed by atoms with Crippen LogP contribution in [0.4, 0.5) is 5.82 Å². The third-order valence-corrected chi connectivity index (χ3v) is 4.77. The summed E-state index contributed by atoms with van der Waals surface area (Å²) in [4.78, 5) is 16.8. The fraction of sp³-hybridized carbons (Fsp3) is 0.286. The van der Waals surface area contributed by atoms with Crippen molar-refractivity contribution in [3.05, 3.63) is 65.5 Å². The average molecular weight is 390 g/mol. The number of nitrogens with zero attached hydrogens (tertiary/aromatic N) is 6. The van der Waals surface area contributed by atoms with E-state index in [-0.39, 0.29) is 5.91 Å². The summed E-state index contributed by atoms with van der Waals surface area (Å²) < 4.78 is 5.67. The number of rotatable bonds is 4. The van der Waals surface area contributed by atoms with E-state index in [0.717, 1.165) is 30.3 Å². The third-order valence-electron chi connectivity index (χ3n) is 4.77. The molecule has 148 valence electrons. The van der Waals surface area contributed by atoms with E-state index in [0.29, 0.717) is 30.3 Å². The normalized spacial score (nSPS) is 14.0. The molecular weight excluding hydrogens is 368 g/mol. The van der Waals surface area contributed by atoms with Crippen LogP contribution in [0.3, 0.4) is 0 Å². The van der Waals surface area contributed by atoms with Gasteiger partial charge in [0.1, 0.15) is 5.75 Å². The van der Waals surface area contributed by atoms with Crippen molar-refractivity contribution in [3.63, 3.8) is 0 Å². The van der Waals surface area contributed by atoms with Crippen LogP contribution in [-0.2, 0) is 0 Å². The van der Waals surface area contributed by atoms with Crippen molar-refractivity contribution in [3.8, 4) is 11.6 Å². The van der Waals surface area contributed by atoms with Gasteiger partial charge in [0.05, 0.1) is 11.4 Å². The molecule has 8 nitrogen and oxygen atoms in total. The molecule has 2 aromatic heterocycles. The first-order chi connectivity index (χ1) is 14.1. The predicted octanol–water partition coefficient (Wildman–Crippen LogP) is 2.64. The van der Waals surface area contributed by atoms with Crippen molar-refractivity contribution < 1.29 is 9.53 Å². The van der Waals surface area contributed by atoms with Gasteiger partial charge in [-0.3, -0.25) is 4.79 Å². The van der Waals surface area contributed by atoms with Crippen LogP contribution >= 0.6 is 0 Å². The van der Waals surface area contributed by atoms with Crippen molar-refractivity contribution in [2.24, 2.45) is 0 Å². The van der Waals surface area contributed by atoms with Gasteiger partial charge in [0.25, 0.3) is 5.91 Å². The lowest BCUT2D eigenvalue weighted by Crippen LogP contribution is -2.49. The number of hydrogen-bond donors (Lipinski definition) is 0. The zero-order valence-corrected chi connectivity index (χ0v) is 16.4. The number of hydrogen-bond acceptors (Lipinski definition) is 7. The molecule has 29 heavy (non-hydrogen) atoms. The van der Waals surface area contributed by atoms with Gasteiger partial charge < -0.3 is 14.5 Å². The number of aromatic nitrogens is 4. The Bertz CT molecular complexity index is 966. The molecule has 0 aliphatic carbocycles. The highest BCUT2D eigenvalue weighted by Gasteiger charge is 2.23. The number of amides is 1. The summed E-state index contributed by atoms with van der Waals surface area (Å²) in [5.74, 6) is 1.90. The fourth-order valence-electron chi connectivity index (χ4n) is 3.11. The van der Waals surface area contributed by atoms with E-state index in [2.05, 4.69) is 25.3 Å². The molecule has 1 amide bonds. The molecule has 0 bridgehead atoms. The SMILES string of the molecule is Cc1ccc(Oc2ccc(C(=O)N3CCN(c4ccc(C)nn4)CC3)cc2)nn1. The Morgan fingerprint density at radius 3 is 2.03 bits per heavy atom. The Balaban J connectivity index is 1.35. The summed E-state index contributed by atoms with van der Waals surface area (Å²) in [7, 11) is 0. The molecular formula is C21H22N6O2. The van der Waals surface area contributed by atoms with Gasteiger partial charge >= 0.3 is 0 Å². The zero-order chi connectivity index (χ0) is 20.2. The summed E-state index contributed by atoms with van der Waals surface area (Å²) in [6.07, 6.45) is 0. The minimum Gasteiger partial charge on any atom is -0.438 e. The molecule has 0 unspecified atom stereocenters. The number of carbonyl (C=O) groups excluding carboxylic acids is 1. The van der Waals surface area contributed by atoms with Gasteiger partial charge in [0.15, 0.2) is 5.82 Å². The van der Waals surface area contributed by atoms with Gasteiger partial charge in [0, 0.05) is 37.8 Å². The van der Waals surface area contributed by atoms with E-state index >= 15 is 0 Å². The van der Waals surface area contributed by atoms with E-state index in [4.69, 9.17) is 4.74 Å². The monoisotopic (exact) mass is 390 g/mol. The van der Waals surface area contributed by atoms with Crippen LogP contribution in [0, 0.1) is 13.8 Å². The van der Waals surface area contributed by atoms with E-state index in [1.54, 1.807) is 30.3 Å². The first-order valence-corrected chi connectivity index (χ1v) is 9.51. The van der Waals surface area contributed by atoms with Gasteiger partial charge in [0.2, 0.25) is 5.88 Å². The lowest BCUT2D eigenvalue weighted by atomic mass is 10.1. The van der Waals surface area contributed by atoms with Gasteiger partial charge in [-0.15, -0.1) is 10.2 Å². The molecule has 0 N–H and O–H groups in total. The summed E-state index contributed by atoms with van der Waals surface area (Å²) in [6.45, 7) is 6.54. The van der Waals surface area contributed by atoms with Crippen LogP contribution in [0.2, 0.25) is 0 Å². The number of piperazine rings is 1. The van der Waals surface area contributed by atoms with Crippen LogP contribution in [0.1, 0.15) is 21.7 Å². The number of carbonyl (C=O) groups is 1. The smallest absolute Gasteiger partial charge is 0.253 e. The van der Waals surface area contributed by atoms with Crippen molar-refractivity contribution >= 4 is 11.7 Å². The standard InChI is InChI=1S/C21H22N6O2/c1-15-3-9-19(24-22-15)26-11-13-27(14-12-26)21(28)17-5-7-18(8-6-17)29-20-10-4-16(2)23-25-20/h3-10H,11-14H2,1-2H3. The van der Waals surface area contributed by atoms with E-state index in [9.17, 15) is 4.79 Å². The maximum absolute atomic E-state index is 12.8. The molecule has 0 atom stereocenters. The quantitative estimate of drug-likeness (QED) is 0.677. The second-order valence-electron chi connectivity index (χ2n) is 6.95. The van der Waals surface area contributed by atoms with Crippen molar-refractivity contribution in [1.82, 2.24) is 25.3 Å². The maximum atomic E-state index is 12.8. The molecule has 1 saturated heterocycles. The summed E-state index contributed by atoms with van der Waals surface area (Å²) in [6, 6.07) is 14.6. The molecule has 1 fully saturated rings. The Morgan fingerprint density at radius 1 is 0.793 bits per heavy atom. The van der Waals surface area contributed by atoms with Crippen molar-refractivity contribution in [2.75, 3.05) is 31.1 Å². The van der Waals surface area contributed by atoms with Crippen molar-refractivity contribution in [2.45, 2.75) is 13.8 Å². The molecule has 1 aliphatic heterocycles. The zero-order valence-electron chi connectivity index (χ0n) is 16.4. The number of benzene rings is 1. The molecule has 0 radical (unpaired) electrons. The summed E-state index contributed by atoms with van der Waals surface area (Å²) in [5.41, 5.74) is 2.35. The Morgan fingerprint density at radius 2 is 1.45 bits per heavy atom. The maximum Gasteiger partial charge on any atom is 0.253 e. The van der Waals surface area contributed by atoms with Gasteiger partial charge in [-0.2, -0.15) is 10.2 Å². The minimum atomic E-state index is 0.0151. The Kier molecular flexibility index (Phi) is 5.33. The second kappa shape index (κ2) is 8.22. The van der Waals surface area contributed by atoms with Crippen LogP contribution in [0.5, 0.6) is 11.6 Å². The van der Waals surface area contributed by atoms with Gasteiger partial charge in [-0.05, 0) is 56.3 Å². The highest BCUT2D eigenvalue weighted by molar-refractivity contribution is 5.94. The highest BCUT2D eigenvalue weighted by atomic mass is 16.5. The molecule has 3 heterocycles. The molecule has 1 aliphatic rings. The highest BCUT2D eigenvalue weighted by Crippen LogP contribution is 2.20. The molecule has 8 heteroatoms. The largest absolute Gasteiger partial charge is 0.438 e. The molecule has 1 aromatic carbocycles. The van der Waals surface area contributed by atoms with E-state index in [1.807, 2.05) is 36.9 Å². The lowest BCUT2D eigenvalue weighted by Gasteiger charge is -2.35. The molecule has 3 aromatic rings. The van der Waals surface area contributed by atoms with Crippen molar-refractivity contribution in [1.29, 1.82) is 0 Å². The van der Waals surface area contributed by atoms with E-state index in [1.165, 1.54) is 0 Å². The fourth-order valence-corrected chi connectivity index (χ4v) is 3.11. The Hall–Kier alpha value is -3.55. The van der Waals surface area contributed by atoms with E-state index < -0.39 is 0 Å². The minimum absolute atomic E-state index is 0.0151. The number of anilines is 1. The average Bonchev–Trinajstić information content (AvgIpc) is 2.76. The van der Waals surface area contributed by atoms with Crippen LogP contribution < -0.4 is 9.64 Å². The van der Waals surface area contributed by atoms with Crippen LogP contribution in [0.15, 0.2) is 48.5 Å². The first kappa shape index (κ1) is 18.8. The number of ether oxygens (including phenoxy) is 1. The Labute approximate surface area is 169 Å². The summed E-state index contributed by atoms with van der Waals surface area (Å²) >= 11 is 0. The molecule has 0 spiro atoms. The third kappa shape index (κ3) is 4.48.